The topological polar surface area (TPSA) is 39.9 Å². The van der Waals surface area contributed by atoms with E-state index < -0.39 is 0 Å². The van der Waals surface area contributed by atoms with Crippen molar-refractivity contribution in [2.45, 2.75) is 26.2 Å². The highest BCUT2D eigenvalue weighted by Crippen LogP contribution is 2.21. The fraction of sp³-hybridized carbons (Fsp3) is 0.538. The van der Waals surface area contributed by atoms with Gasteiger partial charge in [0, 0.05) is 19.3 Å². The number of nitrogens with zero attached hydrogens (tertiary/aromatic N) is 3. The Bertz CT molecular complexity index is 394. The first-order chi connectivity index (χ1) is 7.79. The van der Waals surface area contributed by atoms with Crippen molar-refractivity contribution in [2.24, 2.45) is 5.92 Å². The second-order valence-corrected chi connectivity index (χ2v) is 4.54. The maximum absolute atomic E-state index is 8.86. The molecule has 0 saturated carbocycles. The number of rotatable bonds is 1. The maximum atomic E-state index is 8.86. The van der Waals surface area contributed by atoms with Crippen molar-refractivity contribution in [1.29, 1.82) is 5.26 Å². The van der Waals surface area contributed by atoms with Crippen molar-refractivity contribution in [3.8, 4) is 6.07 Å². The van der Waals surface area contributed by atoms with Gasteiger partial charge in [-0.25, -0.2) is 4.98 Å². The molecule has 0 amide bonds. The summed E-state index contributed by atoms with van der Waals surface area (Å²) in [6.45, 7) is 4.43. The Morgan fingerprint density at radius 1 is 1.44 bits per heavy atom. The van der Waals surface area contributed by atoms with E-state index >= 15 is 0 Å². The van der Waals surface area contributed by atoms with Crippen LogP contribution in [0.25, 0.3) is 0 Å². The highest BCUT2D eigenvalue weighted by molar-refractivity contribution is 5.44. The van der Waals surface area contributed by atoms with Crippen LogP contribution in [-0.4, -0.2) is 18.1 Å². The van der Waals surface area contributed by atoms with Crippen molar-refractivity contribution in [2.75, 3.05) is 18.0 Å². The Hall–Kier alpha value is -1.56. The molecule has 3 heteroatoms. The minimum atomic E-state index is 0.697. The van der Waals surface area contributed by atoms with E-state index in [-0.39, 0.29) is 0 Å². The molecule has 1 unspecified atom stereocenters. The predicted molar refractivity (Wildman–Crippen MR) is 64.2 cm³/mol. The first-order valence-corrected chi connectivity index (χ1v) is 5.90. The number of nitriles is 1. The van der Waals surface area contributed by atoms with Crippen molar-refractivity contribution in [3.63, 3.8) is 0 Å². The molecule has 1 aromatic heterocycles. The van der Waals surface area contributed by atoms with Crippen LogP contribution >= 0.6 is 0 Å². The first kappa shape index (κ1) is 10.9. The summed E-state index contributed by atoms with van der Waals surface area (Å²) in [6.07, 6.45) is 5.47. The van der Waals surface area contributed by atoms with Gasteiger partial charge >= 0.3 is 0 Å². The zero-order chi connectivity index (χ0) is 11.4. The predicted octanol–water partition coefficient (Wildman–Crippen LogP) is 2.58. The Morgan fingerprint density at radius 3 is 3.12 bits per heavy atom. The van der Waals surface area contributed by atoms with Crippen molar-refractivity contribution < 1.29 is 0 Å². The van der Waals surface area contributed by atoms with Gasteiger partial charge < -0.3 is 4.90 Å². The van der Waals surface area contributed by atoms with Gasteiger partial charge in [0.25, 0.3) is 0 Å². The van der Waals surface area contributed by atoms with Crippen LogP contribution in [0.4, 0.5) is 5.82 Å². The third-order valence-corrected chi connectivity index (χ3v) is 3.22. The SMILES string of the molecule is CC1CCCN(c2cc(C#N)ccn2)CC1. The van der Waals surface area contributed by atoms with Crippen LogP contribution in [0.2, 0.25) is 0 Å². The fourth-order valence-corrected chi connectivity index (χ4v) is 2.15. The molecular weight excluding hydrogens is 198 g/mol. The Balaban J connectivity index is 2.14. The second kappa shape index (κ2) is 4.98. The van der Waals surface area contributed by atoms with Crippen LogP contribution in [0.1, 0.15) is 31.7 Å². The Kier molecular flexibility index (Phi) is 3.40. The zero-order valence-electron chi connectivity index (χ0n) is 9.69. The summed E-state index contributed by atoms with van der Waals surface area (Å²) in [6, 6.07) is 5.80. The lowest BCUT2D eigenvalue weighted by molar-refractivity contribution is 0.521. The van der Waals surface area contributed by atoms with Gasteiger partial charge in [0.1, 0.15) is 5.82 Å². The molecule has 1 aliphatic rings. The second-order valence-electron chi connectivity index (χ2n) is 4.54. The molecule has 0 aliphatic carbocycles. The molecule has 2 heterocycles. The van der Waals surface area contributed by atoms with Crippen molar-refractivity contribution >= 4 is 5.82 Å². The molecule has 0 N–H and O–H groups in total. The molecular formula is C13H17N3. The van der Waals surface area contributed by atoms with Crippen LogP contribution in [0.5, 0.6) is 0 Å². The van der Waals surface area contributed by atoms with Gasteiger partial charge in [-0.15, -0.1) is 0 Å². The van der Waals surface area contributed by atoms with E-state index in [1.54, 1.807) is 12.3 Å². The molecule has 84 valence electrons. The average molecular weight is 215 g/mol. The first-order valence-electron chi connectivity index (χ1n) is 5.90. The fourth-order valence-electron chi connectivity index (χ4n) is 2.15. The van der Waals surface area contributed by atoms with Gasteiger partial charge in [-0.05, 0) is 37.3 Å². The Labute approximate surface area is 96.7 Å². The molecule has 2 rings (SSSR count). The van der Waals surface area contributed by atoms with E-state index in [1.165, 1.54) is 19.3 Å². The standard InChI is InChI=1S/C13H17N3/c1-11-3-2-7-16(8-5-11)13-9-12(10-14)4-6-15-13/h4,6,9,11H,2-3,5,7-8H2,1H3. The lowest BCUT2D eigenvalue weighted by Crippen LogP contribution is -2.25. The summed E-state index contributed by atoms with van der Waals surface area (Å²) in [5.74, 6) is 1.76. The molecule has 1 saturated heterocycles. The molecule has 1 atom stereocenters. The quantitative estimate of drug-likeness (QED) is 0.723. The highest BCUT2D eigenvalue weighted by Gasteiger charge is 2.14. The number of aromatic nitrogens is 1. The van der Waals surface area contributed by atoms with Gasteiger partial charge in [0.2, 0.25) is 0 Å². The van der Waals surface area contributed by atoms with E-state index in [1.807, 2.05) is 6.07 Å². The van der Waals surface area contributed by atoms with Gasteiger partial charge in [0.05, 0.1) is 11.6 Å². The molecule has 0 spiro atoms. The highest BCUT2D eigenvalue weighted by atomic mass is 15.2. The molecule has 0 radical (unpaired) electrons. The van der Waals surface area contributed by atoms with Crippen LogP contribution in [-0.2, 0) is 0 Å². The van der Waals surface area contributed by atoms with Crippen LogP contribution < -0.4 is 4.90 Å². The minimum Gasteiger partial charge on any atom is -0.357 e. The molecule has 0 bridgehead atoms. The van der Waals surface area contributed by atoms with Crippen LogP contribution in [0, 0.1) is 17.2 Å². The van der Waals surface area contributed by atoms with Crippen LogP contribution in [0.15, 0.2) is 18.3 Å². The number of hydrogen-bond donors (Lipinski definition) is 0. The largest absolute Gasteiger partial charge is 0.357 e. The third-order valence-electron chi connectivity index (χ3n) is 3.22. The van der Waals surface area contributed by atoms with Gasteiger partial charge in [-0.2, -0.15) is 5.26 Å². The average Bonchev–Trinajstić information content (AvgIpc) is 2.54. The third kappa shape index (κ3) is 2.52. The molecule has 3 nitrogen and oxygen atoms in total. The Morgan fingerprint density at radius 2 is 2.31 bits per heavy atom. The number of pyridine rings is 1. The van der Waals surface area contributed by atoms with Gasteiger partial charge in [0.15, 0.2) is 0 Å². The van der Waals surface area contributed by atoms with E-state index in [0.717, 1.165) is 24.8 Å². The molecule has 16 heavy (non-hydrogen) atoms. The van der Waals surface area contributed by atoms with E-state index in [2.05, 4.69) is 22.9 Å². The molecule has 1 aromatic rings. The summed E-state index contributed by atoms with van der Waals surface area (Å²) in [5, 5.41) is 8.86. The summed E-state index contributed by atoms with van der Waals surface area (Å²) >= 11 is 0. The molecule has 0 aromatic carbocycles. The zero-order valence-corrected chi connectivity index (χ0v) is 9.69. The summed E-state index contributed by atoms with van der Waals surface area (Å²) in [5.41, 5.74) is 0.697. The van der Waals surface area contributed by atoms with Crippen molar-refractivity contribution in [3.05, 3.63) is 23.9 Å². The van der Waals surface area contributed by atoms with E-state index in [0.29, 0.717) is 5.56 Å². The molecule has 1 aliphatic heterocycles. The lowest BCUT2D eigenvalue weighted by atomic mass is 10.0. The normalized spacial score (nSPS) is 21.2. The number of hydrogen-bond acceptors (Lipinski definition) is 3. The lowest BCUT2D eigenvalue weighted by Gasteiger charge is -2.21. The van der Waals surface area contributed by atoms with E-state index in [9.17, 15) is 0 Å². The monoisotopic (exact) mass is 215 g/mol. The summed E-state index contributed by atoms with van der Waals surface area (Å²) in [7, 11) is 0. The van der Waals surface area contributed by atoms with Gasteiger partial charge in [-0.1, -0.05) is 6.92 Å². The number of anilines is 1. The van der Waals surface area contributed by atoms with Gasteiger partial charge in [-0.3, -0.25) is 0 Å². The minimum absolute atomic E-state index is 0.697. The molecule has 1 fully saturated rings. The summed E-state index contributed by atoms with van der Waals surface area (Å²) in [4.78, 5) is 6.65. The van der Waals surface area contributed by atoms with Crippen molar-refractivity contribution in [1.82, 2.24) is 4.98 Å². The van der Waals surface area contributed by atoms with E-state index in [4.69, 9.17) is 5.26 Å². The van der Waals surface area contributed by atoms with Crippen LogP contribution in [0.3, 0.4) is 0 Å². The summed E-state index contributed by atoms with van der Waals surface area (Å²) < 4.78 is 0. The maximum Gasteiger partial charge on any atom is 0.129 e. The smallest absolute Gasteiger partial charge is 0.129 e.